The first kappa shape index (κ1) is 12.2. The summed E-state index contributed by atoms with van der Waals surface area (Å²) in [5, 5.41) is 2.33. The van der Waals surface area contributed by atoms with E-state index >= 15 is 0 Å². The second-order valence-corrected chi connectivity index (χ2v) is 3.80. The molecule has 0 aliphatic rings. The molecule has 1 N–H and O–H groups in total. The van der Waals surface area contributed by atoms with E-state index in [1.54, 1.807) is 24.3 Å². The van der Waals surface area contributed by atoms with Gasteiger partial charge in [-0.2, -0.15) is 0 Å². The zero-order valence-electron chi connectivity index (χ0n) is 9.93. The first-order chi connectivity index (χ1) is 8.79. The fourth-order valence-corrected chi connectivity index (χ4v) is 1.55. The monoisotopic (exact) mass is 240 g/mol. The summed E-state index contributed by atoms with van der Waals surface area (Å²) < 4.78 is 5.61. The van der Waals surface area contributed by atoms with E-state index in [2.05, 4.69) is 12.4 Å². The Morgan fingerprint density at radius 2 is 1.72 bits per heavy atom. The van der Waals surface area contributed by atoms with Crippen molar-refractivity contribution in [1.29, 1.82) is 0 Å². The van der Waals surface area contributed by atoms with Crippen molar-refractivity contribution in [2.75, 3.05) is 0 Å². The van der Waals surface area contributed by atoms with Crippen LogP contribution in [0.15, 0.2) is 54.6 Å². The molecular formula is C15H14NO2. The summed E-state index contributed by atoms with van der Waals surface area (Å²) in [5.74, 6) is 0.532. The molecule has 2 rings (SSSR count). The van der Waals surface area contributed by atoms with Crippen molar-refractivity contribution in [3.05, 3.63) is 72.8 Å². The third-order valence-electron chi connectivity index (χ3n) is 2.53. The van der Waals surface area contributed by atoms with Gasteiger partial charge in [-0.05, 0) is 29.8 Å². The largest absolute Gasteiger partial charge is 0.489 e. The highest BCUT2D eigenvalue weighted by molar-refractivity contribution is 5.94. The van der Waals surface area contributed by atoms with Crippen LogP contribution in [0.25, 0.3) is 0 Å². The first-order valence-electron chi connectivity index (χ1n) is 5.64. The lowest BCUT2D eigenvalue weighted by Gasteiger charge is -2.06. The summed E-state index contributed by atoms with van der Waals surface area (Å²) in [5.41, 5.74) is 1.68. The molecule has 2 aromatic carbocycles. The predicted octanol–water partition coefficient (Wildman–Crippen LogP) is 2.79. The minimum Gasteiger partial charge on any atom is -0.489 e. The maximum Gasteiger partial charge on any atom is 0.251 e. The lowest BCUT2D eigenvalue weighted by atomic mass is 10.2. The van der Waals surface area contributed by atoms with Crippen LogP contribution in [-0.4, -0.2) is 5.91 Å². The van der Waals surface area contributed by atoms with Gasteiger partial charge in [0.25, 0.3) is 5.91 Å². The van der Waals surface area contributed by atoms with Crippen LogP contribution in [0.1, 0.15) is 15.9 Å². The Labute approximate surface area is 106 Å². The summed E-state index contributed by atoms with van der Waals surface area (Å²) in [4.78, 5) is 11.3. The average Bonchev–Trinajstić information content (AvgIpc) is 2.46. The molecule has 1 radical (unpaired) electrons. The minimum absolute atomic E-state index is 0.204. The zero-order valence-corrected chi connectivity index (χ0v) is 9.93. The molecule has 0 bridgehead atoms. The smallest absolute Gasteiger partial charge is 0.251 e. The molecule has 3 nitrogen and oxygen atoms in total. The second kappa shape index (κ2) is 5.87. The molecule has 0 aromatic heterocycles. The van der Waals surface area contributed by atoms with Crippen molar-refractivity contribution in [2.45, 2.75) is 6.61 Å². The Morgan fingerprint density at radius 3 is 2.33 bits per heavy atom. The molecule has 18 heavy (non-hydrogen) atoms. The molecule has 0 aliphatic heterocycles. The van der Waals surface area contributed by atoms with Gasteiger partial charge >= 0.3 is 0 Å². The minimum atomic E-state index is -0.204. The molecule has 0 spiro atoms. The van der Waals surface area contributed by atoms with E-state index in [0.717, 1.165) is 11.3 Å². The van der Waals surface area contributed by atoms with Crippen molar-refractivity contribution in [3.63, 3.8) is 0 Å². The zero-order chi connectivity index (χ0) is 12.8. The lowest BCUT2D eigenvalue weighted by Crippen LogP contribution is -2.15. The second-order valence-electron chi connectivity index (χ2n) is 3.80. The van der Waals surface area contributed by atoms with Crippen LogP contribution in [-0.2, 0) is 6.61 Å². The molecule has 0 unspecified atom stereocenters. The summed E-state index contributed by atoms with van der Waals surface area (Å²) in [7, 11) is 3.33. The third kappa shape index (κ3) is 3.10. The topological polar surface area (TPSA) is 38.3 Å². The predicted molar refractivity (Wildman–Crippen MR) is 70.0 cm³/mol. The molecule has 2 aromatic rings. The van der Waals surface area contributed by atoms with Gasteiger partial charge in [0.2, 0.25) is 0 Å². The van der Waals surface area contributed by atoms with Crippen LogP contribution in [0.5, 0.6) is 5.75 Å². The van der Waals surface area contributed by atoms with Crippen molar-refractivity contribution >= 4 is 5.91 Å². The van der Waals surface area contributed by atoms with Gasteiger partial charge < -0.3 is 10.1 Å². The average molecular weight is 240 g/mol. The van der Waals surface area contributed by atoms with E-state index in [9.17, 15) is 4.79 Å². The highest BCUT2D eigenvalue weighted by atomic mass is 16.5. The maximum absolute atomic E-state index is 11.3. The number of hydrogen-bond acceptors (Lipinski definition) is 2. The van der Waals surface area contributed by atoms with Crippen molar-refractivity contribution in [3.8, 4) is 5.75 Å². The van der Waals surface area contributed by atoms with Gasteiger partial charge in [0, 0.05) is 12.6 Å². The quantitative estimate of drug-likeness (QED) is 0.892. The molecule has 0 atom stereocenters. The number of carbonyl (C=O) groups excluding carboxylic acids is 1. The van der Waals surface area contributed by atoms with Crippen LogP contribution in [0.3, 0.4) is 0 Å². The van der Waals surface area contributed by atoms with Gasteiger partial charge in [-0.25, -0.2) is 0 Å². The number of hydrogen-bond donors (Lipinski definition) is 1. The molecule has 0 fully saturated rings. The van der Waals surface area contributed by atoms with E-state index in [-0.39, 0.29) is 5.91 Å². The third-order valence-corrected chi connectivity index (χ3v) is 2.53. The highest BCUT2D eigenvalue weighted by Gasteiger charge is 2.02. The molecular weight excluding hydrogens is 226 g/mol. The van der Waals surface area contributed by atoms with E-state index < -0.39 is 0 Å². The lowest BCUT2D eigenvalue weighted by molar-refractivity contribution is 0.0969. The molecule has 0 saturated heterocycles. The van der Waals surface area contributed by atoms with Crippen molar-refractivity contribution < 1.29 is 9.53 Å². The maximum atomic E-state index is 11.3. The van der Waals surface area contributed by atoms with Gasteiger partial charge in [-0.15, -0.1) is 0 Å². The standard InChI is InChI=1S/C15H14NO2/c1-16-15(17)13-7-9-14(10-8-13)18-11-12-5-3-2-4-6-12/h2-10H,1,11H2,(H,16,17). The van der Waals surface area contributed by atoms with E-state index in [1.807, 2.05) is 30.3 Å². The molecule has 0 saturated carbocycles. The molecule has 91 valence electrons. The van der Waals surface area contributed by atoms with Gasteiger partial charge in [-0.3, -0.25) is 4.79 Å². The Bertz CT molecular complexity index is 506. The number of amides is 1. The Hall–Kier alpha value is -2.29. The van der Waals surface area contributed by atoms with Gasteiger partial charge in [0.05, 0.1) is 0 Å². The van der Waals surface area contributed by atoms with Crippen molar-refractivity contribution in [1.82, 2.24) is 5.32 Å². The summed E-state index contributed by atoms with van der Waals surface area (Å²) in [6.07, 6.45) is 0. The fourth-order valence-electron chi connectivity index (χ4n) is 1.55. The molecule has 3 heteroatoms. The Morgan fingerprint density at radius 1 is 1.06 bits per heavy atom. The number of carbonyl (C=O) groups is 1. The van der Waals surface area contributed by atoms with Crippen LogP contribution in [0.4, 0.5) is 0 Å². The normalized spacial score (nSPS) is 9.83. The van der Waals surface area contributed by atoms with Gasteiger partial charge in [-0.1, -0.05) is 30.3 Å². The SMILES string of the molecule is [CH2]NC(=O)c1ccc(OCc2ccccc2)cc1. The van der Waals surface area contributed by atoms with Crippen LogP contribution in [0.2, 0.25) is 0 Å². The number of nitrogens with one attached hydrogen (secondary N) is 1. The number of ether oxygens (including phenoxy) is 1. The van der Waals surface area contributed by atoms with E-state index in [4.69, 9.17) is 4.74 Å². The highest BCUT2D eigenvalue weighted by Crippen LogP contribution is 2.14. The summed E-state index contributed by atoms with van der Waals surface area (Å²) >= 11 is 0. The van der Waals surface area contributed by atoms with Crippen LogP contribution in [0, 0.1) is 7.05 Å². The van der Waals surface area contributed by atoms with Crippen molar-refractivity contribution in [2.24, 2.45) is 0 Å². The van der Waals surface area contributed by atoms with E-state index in [0.29, 0.717) is 12.2 Å². The van der Waals surface area contributed by atoms with E-state index in [1.165, 1.54) is 0 Å². The fraction of sp³-hybridized carbons (Fsp3) is 0.0667. The Balaban J connectivity index is 1.97. The summed E-state index contributed by atoms with van der Waals surface area (Å²) in [6.45, 7) is 0.516. The van der Waals surface area contributed by atoms with Gasteiger partial charge in [0.1, 0.15) is 12.4 Å². The number of benzene rings is 2. The van der Waals surface area contributed by atoms with Crippen LogP contribution >= 0.6 is 0 Å². The molecule has 0 aliphatic carbocycles. The van der Waals surface area contributed by atoms with Crippen LogP contribution < -0.4 is 10.1 Å². The summed E-state index contributed by atoms with van der Waals surface area (Å²) in [6, 6.07) is 16.9. The number of rotatable bonds is 4. The van der Waals surface area contributed by atoms with Gasteiger partial charge in [0.15, 0.2) is 0 Å². The molecule has 0 heterocycles. The first-order valence-corrected chi connectivity index (χ1v) is 5.64. The Kier molecular flexibility index (Phi) is 3.97. The molecule has 1 amide bonds.